The van der Waals surface area contributed by atoms with Gasteiger partial charge in [0.15, 0.2) is 0 Å². The highest BCUT2D eigenvalue weighted by molar-refractivity contribution is 7.89. The molecule has 2 fully saturated rings. The Balaban J connectivity index is 1.65. The van der Waals surface area contributed by atoms with E-state index in [2.05, 4.69) is 4.72 Å². The summed E-state index contributed by atoms with van der Waals surface area (Å²) in [6, 6.07) is 3.52. The van der Waals surface area contributed by atoms with Gasteiger partial charge in [0, 0.05) is 24.4 Å². The molecule has 0 spiro atoms. The van der Waals surface area contributed by atoms with Crippen molar-refractivity contribution in [3.63, 3.8) is 0 Å². The monoisotopic (exact) mass is 312 g/mol. The average molecular weight is 312 g/mol. The Morgan fingerprint density at radius 1 is 1.52 bits per heavy atom. The Hall–Kier alpha value is -1.34. The van der Waals surface area contributed by atoms with Crippen LogP contribution >= 0.6 is 0 Å². The van der Waals surface area contributed by atoms with Crippen molar-refractivity contribution in [3.05, 3.63) is 24.2 Å². The van der Waals surface area contributed by atoms with Crippen LogP contribution in [0.15, 0.2) is 22.8 Å². The molecule has 1 aromatic rings. The van der Waals surface area contributed by atoms with Gasteiger partial charge in [-0.15, -0.1) is 0 Å². The Morgan fingerprint density at radius 2 is 2.33 bits per heavy atom. The van der Waals surface area contributed by atoms with Crippen molar-refractivity contribution in [3.8, 4) is 0 Å². The fraction of sp³-hybridized carbons (Fsp3) is 0.643. The molecule has 116 valence electrons. The number of hydrogen-bond acceptors (Lipinski definition) is 4. The third-order valence-corrected chi connectivity index (χ3v) is 5.84. The lowest BCUT2D eigenvalue weighted by atomic mass is 10.2. The van der Waals surface area contributed by atoms with Crippen LogP contribution in [0.25, 0.3) is 0 Å². The molecule has 2 aliphatic rings. The van der Waals surface area contributed by atoms with Crippen LogP contribution < -0.4 is 4.72 Å². The van der Waals surface area contributed by atoms with Crippen LogP contribution in [0.1, 0.15) is 30.9 Å². The van der Waals surface area contributed by atoms with Crippen LogP contribution in [-0.2, 0) is 14.8 Å². The summed E-state index contributed by atoms with van der Waals surface area (Å²) in [4.78, 5) is 14.3. The maximum Gasteiger partial charge on any atom is 0.226 e. The second-order valence-electron chi connectivity index (χ2n) is 5.78. The standard InChI is InChI=1S/C14H20N2O4S/c1-15-21(18,19)9-10-4-2-6-16(10)14(17)12-8-11(12)13-5-3-7-20-13/h3,5,7,10-12,15H,2,4,6,8-9H2,1H3/t10-,11-,12-/m0/s1. The second-order valence-corrected chi connectivity index (χ2v) is 7.75. The molecule has 0 radical (unpaired) electrons. The summed E-state index contributed by atoms with van der Waals surface area (Å²) in [5, 5.41) is 0. The first-order valence-corrected chi connectivity index (χ1v) is 8.92. The normalized spacial score (nSPS) is 28.8. The van der Waals surface area contributed by atoms with E-state index in [-0.39, 0.29) is 29.5 Å². The minimum absolute atomic E-state index is 0.00657. The second kappa shape index (κ2) is 5.46. The molecule has 0 bridgehead atoms. The number of nitrogens with zero attached hydrogens (tertiary/aromatic N) is 1. The van der Waals surface area contributed by atoms with E-state index in [9.17, 15) is 13.2 Å². The van der Waals surface area contributed by atoms with Crippen LogP contribution in [0.2, 0.25) is 0 Å². The molecule has 1 aliphatic heterocycles. The van der Waals surface area contributed by atoms with E-state index in [0.717, 1.165) is 25.0 Å². The Labute approximate surface area is 124 Å². The van der Waals surface area contributed by atoms with Gasteiger partial charge in [0.1, 0.15) is 5.76 Å². The molecule has 3 rings (SSSR count). The predicted octanol–water partition coefficient (Wildman–Crippen LogP) is 0.923. The van der Waals surface area contributed by atoms with E-state index in [1.54, 1.807) is 11.2 Å². The molecule has 6 nitrogen and oxygen atoms in total. The van der Waals surface area contributed by atoms with Gasteiger partial charge < -0.3 is 9.32 Å². The predicted molar refractivity (Wildman–Crippen MR) is 77.1 cm³/mol. The SMILES string of the molecule is CNS(=O)(=O)C[C@@H]1CCCN1C(=O)[C@H]1C[C@@H]1c1ccco1. The molecule has 1 amide bonds. The van der Waals surface area contributed by atoms with Gasteiger partial charge in [-0.2, -0.15) is 0 Å². The first-order valence-electron chi connectivity index (χ1n) is 7.27. The number of carbonyl (C=O) groups excluding carboxylic acids is 1. The molecule has 0 aromatic carbocycles. The lowest BCUT2D eigenvalue weighted by molar-refractivity contribution is -0.133. The molecule has 21 heavy (non-hydrogen) atoms. The molecule has 0 unspecified atom stereocenters. The number of furan rings is 1. The highest BCUT2D eigenvalue weighted by Gasteiger charge is 2.49. The average Bonchev–Trinajstić information content (AvgIpc) is 2.88. The number of carbonyl (C=O) groups is 1. The Kier molecular flexibility index (Phi) is 3.79. The van der Waals surface area contributed by atoms with Gasteiger partial charge >= 0.3 is 0 Å². The smallest absolute Gasteiger partial charge is 0.226 e. The fourth-order valence-corrected chi connectivity index (χ4v) is 4.15. The quantitative estimate of drug-likeness (QED) is 0.877. The van der Waals surface area contributed by atoms with Crippen molar-refractivity contribution in [1.29, 1.82) is 0 Å². The molecule has 2 heterocycles. The van der Waals surface area contributed by atoms with E-state index < -0.39 is 10.0 Å². The molecule has 1 aromatic heterocycles. The summed E-state index contributed by atoms with van der Waals surface area (Å²) in [6.07, 6.45) is 4.04. The largest absolute Gasteiger partial charge is 0.469 e. The number of likely N-dealkylation sites (tertiary alicyclic amines) is 1. The highest BCUT2D eigenvalue weighted by atomic mass is 32.2. The molecule has 1 aliphatic carbocycles. The zero-order chi connectivity index (χ0) is 15.0. The van der Waals surface area contributed by atoms with Crippen molar-refractivity contribution >= 4 is 15.9 Å². The van der Waals surface area contributed by atoms with Gasteiger partial charge in [-0.25, -0.2) is 13.1 Å². The molecule has 3 atom stereocenters. The minimum Gasteiger partial charge on any atom is -0.469 e. The van der Waals surface area contributed by atoms with Gasteiger partial charge in [-0.3, -0.25) is 4.79 Å². The van der Waals surface area contributed by atoms with E-state index in [1.165, 1.54) is 7.05 Å². The van der Waals surface area contributed by atoms with Gasteiger partial charge in [0.2, 0.25) is 15.9 Å². The van der Waals surface area contributed by atoms with Crippen molar-refractivity contribution in [2.24, 2.45) is 5.92 Å². The molecule has 1 N–H and O–H groups in total. The maximum atomic E-state index is 12.6. The fourth-order valence-electron chi connectivity index (χ4n) is 3.13. The number of hydrogen-bond donors (Lipinski definition) is 1. The summed E-state index contributed by atoms with van der Waals surface area (Å²) in [5.41, 5.74) is 0. The van der Waals surface area contributed by atoms with Crippen LogP contribution in [-0.4, -0.2) is 44.6 Å². The van der Waals surface area contributed by atoms with Gasteiger partial charge in [-0.05, 0) is 38.4 Å². The van der Waals surface area contributed by atoms with Crippen molar-refractivity contribution in [2.45, 2.75) is 31.2 Å². The van der Waals surface area contributed by atoms with E-state index in [0.29, 0.717) is 6.54 Å². The first-order chi connectivity index (χ1) is 10.0. The summed E-state index contributed by atoms with van der Waals surface area (Å²) in [6.45, 7) is 0.657. The minimum atomic E-state index is -3.29. The molecule has 1 saturated heterocycles. The summed E-state index contributed by atoms with van der Waals surface area (Å²) in [7, 11) is -1.89. The van der Waals surface area contributed by atoms with Gasteiger partial charge in [0.05, 0.1) is 12.0 Å². The highest BCUT2D eigenvalue weighted by Crippen LogP contribution is 2.49. The van der Waals surface area contributed by atoms with Crippen LogP contribution in [0.4, 0.5) is 0 Å². The van der Waals surface area contributed by atoms with Gasteiger partial charge in [-0.1, -0.05) is 0 Å². The molecular formula is C14H20N2O4S. The molecular weight excluding hydrogens is 292 g/mol. The molecule has 1 saturated carbocycles. The topological polar surface area (TPSA) is 79.6 Å². The van der Waals surface area contributed by atoms with Crippen molar-refractivity contribution in [2.75, 3.05) is 19.3 Å². The van der Waals surface area contributed by atoms with Crippen molar-refractivity contribution < 1.29 is 17.6 Å². The van der Waals surface area contributed by atoms with E-state index in [1.807, 2.05) is 12.1 Å². The van der Waals surface area contributed by atoms with Crippen molar-refractivity contribution in [1.82, 2.24) is 9.62 Å². The third kappa shape index (κ3) is 2.98. The van der Waals surface area contributed by atoms with E-state index in [4.69, 9.17) is 4.42 Å². The molecule has 7 heteroatoms. The van der Waals surface area contributed by atoms with Crippen LogP contribution in [0, 0.1) is 5.92 Å². The number of sulfonamides is 1. The number of amides is 1. The Morgan fingerprint density at radius 3 is 3.00 bits per heavy atom. The number of rotatable bonds is 5. The van der Waals surface area contributed by atoms with Crippen LogP contribution in [0.3, 0.4) is 0 Å². The van der Waals surface area contributed by atoms with E-state index >= 15 is 0 Å². The zero-order valence-electron chi connectivity index (χ0n) is 12.0. The summed E-state index contributed by atoms with van der Waals surface area (Å²) < 4.78 is 31.1. The van der Waals surface area contributed by atoms with Crippen LogP contribution in [0.5, 0.6) is 0 Å². The maximum absolute atomic E-state index is 12.6. The lowest BCUT2D eigenvalue weighted by Crippen LogP contribution is -2.42. The number of nitrogens with one attached hydrogen (secondary N) is 1. The first kappa shape index (κ1) is 14.6. The Bertz CT molecular complexity index is 611. The summed E-state index contributed by atoms with van der Waals surface area (Å²) >= 11 is 0. The summed E-state index contributed by atoms with van der Waals surface area (Å²) in [5.74, 6) is 1.04. The third-order valence-electron chi connectivity index (χ3n) is 4.40. The van der Waals surface area contributed by atoms with Gasteiger partial charge in [0.25, 0.3) is 0 Å². The lowest BCUT2D eigenvalue weighted by Gasteiger charge is -2.24. The zero-order valence-corrected chi connectivity index (χ0v) is 12.8.